The molecule has 0 radical (unpaired) electrons. The topological polar surface area (TPSA) is 67.4 Å². The molecule has 0 aliphatic rings. The second kappa shape index (κ2) is 8.96. The highest BCUT2D eigenvalue weighted by Crippen LogP contribution is 2.22. The van der Waals surface area contributed by atoms with Gasteiger partial charge in [-0.05, 0) is 18.6 Å². The van der Waals surface area contributed by atoms with E-state index < -0.39 is 11.8 Å². The first-order valence-corrected chi connectivity index (χ1v) is 6.91. The fourth-order valence-electron chi connectivity index (χ4n) is 1.76. The second-order valence-electron chi connectivity index (χ2n) is 4.47. The molecule has 1 aromatic rings. The summed E-state index contributed by atoms with van der Waals surface area (Å²) in [6, 6.07) is 6.96. The van der Waals surface area contributed by atoms with Crippen LogP contribution in [0.2, 0.25) is 0 Å². The Balaban J connectivity index is 2.40. The van der Waals surface area contributed by atoms with Gasteiger partial charge >= 0.3 is 11.8 Å². The van der Waals surface area contributed by atoms with Crippen molar-refractivity contribution in [3.8, 4) is 5.75 Å². The fraction of sp³-hybridized carbons (Fsp3) is 0.467. The summed E-state index contributed by atoms with van der Waals surface area (Å²) in [5.74, 6) is -0.769. The maximum Gasteiger partial charge on any atom is 0.313 e. The number of amides is 2. The van der Waals surface area contributed by atoms with Gasteiger partial charge in [0.05, 0.1) is 12.8 Å². The Kier molecular flexibility index (Phi) is 7.17. The molecular formula is C15H22N2O3. The number of unbranched alkanes of at least 4 members (excludes halogenated alkanes) is 3. The van der Waals surface area contributed by atoms with Gasteiger partial charge in [-0.2, -0.15) is 0 Å². The number of hydrogen-bond acceptors (Lipinski definition) is 3. The Morgan fingerprint density at radius 2 is 1.85 bits per heavy atom. The van der Waals surface area contributed by atoms with E-state index in [1.165, 1.54) is 7.11 Å². The minimum Gasteiger partial charge on any atom is -0.495 e. The number of rotatable bonds is 7. The summed E-state index contributed by atoms with van der Waals surface area (Å²) in [6.45, 7) is 2.65. The summed E-state index contributed by atoms with van der Waals surface area (Å²) < 4.78 is 5.10. The van der Waals surface area contributed by atoms with Gasteiger partial charge in [0.15, 0.2) is 0 Å². The Hall–Kier alpha value is -2.04. The number of carbonyl (C=O) groups is 2. The Bertz CT molecular complexity index is 446. The summed E-state index contributed by atoms with van der Waals surface area (Å²) in [5.41, 5.74) is 0.487. The quantitative estimate of drug-likeness (QED) is 0.594. The van der Waals surface area contributed by atoms with Gasteiger partial charge in [-0.15, -0.1) is 0 Å². The van der Waals surface area contributed by atoms with Crippen molar-refractivity contribution in [2.45, 2.75) is 32.6 Å². The summed E-state index contributed by atoms with van der Waals surface area (Å²) >= 11 is 0. The van der Waals surface area contributed by atoms with Gasteiger partial charge in [0, 0.05) is 6.54 Å². The molecule has 0 aliphatic heterocycles. The van der Waals surface area contributed by atoms with Crippen molar-refractivity contribution in [3.63, 3.8) is 0 Å². The Labute approximate surface area is 119 Å². The van der Waals surface area contributed by atoms with Gasteiger partial charge in [-0.3, -0.25) is 9.59 Å². The number of hydrogen-bond donors (Lipinski definition) is 2. The lowest BCUT2D eigenvalue weighted by molar-refractivity contribution is -0.136. The maximum atomic E-state index is 11.7. The zero-order valence-electron chi connectivity index (χ0n) is 12.1. The monoisotopic (exact) mass is 278 g/mol. The number of ether oxygens (including phenoxy) is 1. The summed E-state index contributed by atoms with van der Waals surface area (Å²) in [7, 11) is 1.51. The average molecular weight is 278 g/mol. The highest BCUT2D eigenvalue weighted by molar-refractivity contribution is 6.39. The standard InChI is InChI=1S/C15H22N2O3/c1-3-4-5-8-11-16-14(18)15(19)17-12-9-6-7-10-13(12)20-2/h6-7,9-10H,3-5,8,11H2,1-2H3,(H,16,18)(H,17,19). The van der Waals surface area contributed by atoms with E-state index >= 15 is 0 Å². The Morgan fingerprint density at radius 3 is 2.55 bits per heavy atom. The number of para-hydroxylation sites is 2. The number of carbonyl (C=O) groups excluding carboxylic acids is 2. The second-order valence-corrected chi connectivity index (χ2v) is 4.47. The van der Waals surface area contributed by atoms with E-state index in [1.54, 1.807) is 24.3 Å². The maximum absolute atomic E-state index is 11.7. The predicted octanol–water partition coefficient (Wildman–Crippen LogP) is 2.33. The molecular weight excluding hydrogens is 256 g/mol. The molecule has 2 N–H and O–H groups in total. The first-order valence-electron chi connectivity index (χ1n) is 6.91. The van der Waals surface area contributed by atoms with Crippen LogP contribution in [0.3, 0.4) is 0 Å². The van der Waals surface area contributed by atoms with Crippen LogP contribution >= 0.6 is 0 Å². The van der Waals surface area contributed by atoms with Crippen molar-refractivity contribution in [2.75, 3.05) is 19.0 Å². The van der Waals surface area contributed by atoms with Crippen LogP contribution in [0.1, 0.15) is 32.6 Å². The summed E-state index contributed by atoms with van der Waals surface area (Å²) in [4.78, 5) is 23.3. The SMILES string of the molecule is CCCCCCNC(=O)C(=O)Nc1ccccc1OC. The minimum atomic E-state index is -0.676. The zero-order chi connectivity index (χ0) is 14.8. The molecule has 1 rings (SSSR count). The lowest BCUT2D eigenvalue weighted by atomic mass is 10.2. The van der Waals surface area contributed by atoms with Crippen molar-refractivity contribution in [1.29, 1.82) is 0 Å². The Morgan fingerprint density at radius 1 is 1.10 bits per heavy atom. The molecule has 5 heteroatoms. The fourth-order valence-corrected chi connectivity index (χ4v) is 1.76. The number of anilines is 1. The van der Waals surface area contributed by atoms with Crippen LogP contribution < -0.4 is 15.4 Å². The highest BCUT2D eigenvalue weighted by Gasteiger charge is 2.14. The smallest absolute Gasteiger partial charge is 0.313 e. The molecule has 0 aromatic heterocycles. The lowest BCUT2D eigenvalue weighted by Crippen LogP contribution is -2.35. The molecule has 0 spiro atoms. The summed E-state index contributed by atoms with van der Waals surface area (Å²) in [5, 5.41) is 5.14. The van der Waals surface area contributed by atoms with Gasteiger partial charge in [0.25, 0.3) is 0 Å². The van der Waals surface area contributed by atoms with Crippen LogP contribution in [0.15, 0.2) is 24.3 Å². The van der Waals surface area contributed by atoms with Crippen LogP contribution in [-0.2, 0) is 9.59 Å². The van der Waals surface area contributed by atoms with E-state index in [-0.39, 0.29) is 0 Å². The van der Waals surface area contributed by atoms with Crippen molar-refractivity contribution in [1.82, 2.24) is 5.32 Å². The van der Waals surface area contributed by atoms with E-state index in [0.717, 1.165) is 25.7 Å². The van der Waals surface area contributed by atoms with E-state index in [2.05, 4.69) is 17.6 Å². The van der Waals surface area contributed by atoms with Crippen molar-refractivity contribution in [2.24, 2.45) is 0 Å². The van der Waals surface area contributed by atoms with Crippen LogP contribution in [0.5, 0.6) is 5.75 Å². The molecule has 0 fully saturated rings. The highest BCUT2D eigenvalue weighted by atomic mass is 16.5. The molecule has 20 heavy (non-hydrogen) atoms. The molecule has 2 amide bonds. The van der Waals surface area contributed by atoms with Gasteiger partial charge < -0.3 is 15.4 Å². The molecule has 0 saturated carbocycles. The van der Waals surface area contributed by atoms with Crippen molar-refractivity contribution >= 4 is 17.5 Å². The lowest BCUT2D eigenvalue weighted by Gasteiger charge is -2.09. The first kappa shape index (κ1) is 16.0. The van der Waals surface area contributed by atoms with Crippen LogP contribution in [0, 0.1) is 0 Å². The molecule has 0 aliphatic carbocycles. The van der Waals surface area contributed by atoms with Gasteiger partial charge in [0.1, 0.15) is 5.75 Å². The third-order valence-corrected chi connectivity index (χ3v) is 2.88. The molecule has 5 nitrogen and oxygen atoms in total. The molecule has 0 bridgehead atoms. The normalized spacial score (nSPS) is 9.90. The van der Waals surface area contributed by atoms with E-state index in [1.807, 2.05) is 0 Å². The molecule has 0 heterocycles. The van der Waals surface area contributed by atoms with Crippen molar-refractivity contribution < 1.29 is 14.3 Å². The van der Waals surface area contributed by atoms with Crippen LogP contribution in [-0.4, -0.2) is 25.5 Å². The van der Waals surface area contributed by atoms with Gasteiger partial charge in [-0.25, -0.2) is 0 Å². The third kappa shape index (κ3) is 5.30. The zero-order valence-corrected chi connectivity index (χ0v) is 12.1. The number of methoxy groups -OCH3 is 1. The number of nitrogens with one attached hydrogen (secondary N) is 2. The van der Waals surface area contributed by atoms with Crippen molar-refractivity contribution in [3.05, 3.63) is 24.3 Å². The third-order valence-electron chi connectivity index (χ3n) is 2.88. The van der Waals surface area contributed by atoms with E-state index in [9.17, 15) is 9.59 Å². The molecule has 0 saturated heterocycles. The molecule has 1 aromatic carbocycles. The number of benzene rings is 1. The molecule has 0 atom stereocenters. The largest absolute Gasteiger partial charge is 0.495 e. The van der Waals surface area contributed by atoms with Gasteiger partial charge in [-0.1, -0.05) is 38.3 Å². The predicted molar refractivity (Wildman–Crippen MR) is 78.8 cm³/mol. The first-order chi connectivity index (χ1) is 9.69. The average Bonchev–Trinajstić information content (AvgIpc) is 2.47. The van der Waals surface area contributed by atoms with Gasteiger partial charge in [0.2, 0.25) is 0 Å². The van der Waals surface area contributed by atoms with Crippen LogP contribution in [0.25, 0.3) is 0 Å². The molecule has 110 valence electrons. The van der Waals surface area contributed by atoms with Crippen LogP contribution in [0.4, 0.5) is 5.69 Å². The summed E-state index contributed by atoms with van der Waals surface area (Å²) in [6.07, 6.45) is 4.23. The minimum absolute atomic E-state index is 0.487. The van der Waals surface area contributed by atoms with E-state index in [0.29, 0.717) is 18.0 Å². The molecule has 0 unspecified atom stereocenters. The van der Waals surface area contributed by atoms with E-state index in [4.69, 9.17) is 4.74 Å².